The van der Waals surface area contributed by atoms with Crippen LogP contribution in [0.4, 0.5) is 19.0 Å². The maximum absolute atomic E-state index is 12.7. The largest absolute Gasteiger partial charge is 0.468 e. The number of hydrogen-bond donors (Lipinski definition) is 1. The van der Waals surface area contributed by atoms with Crippen LogP contribution in [-0.4, -0.2) is 40.2 Å². The molecule has 0 spiro atoms. The van der Waals surface area contributed by atoms with Gasteiger partial charge < -0.3 is 14.8 Å². The van der Waals surface area contributed by atoms with E-state index >= 15 is 0 Å². The highest BCUT2D eigenvalue weighted by Gasteiger charge is 2.40. The number of nitrogens with zero attached hydrogens (tertiary/aromatic N) is 3. The molecule has 2 unspecified atom stereocenters. The first-order valence-corrected chi connectivity index (χ1v) is 18.6. The Morgan fingerprint density at radius 1 is 0.980 bits per heavy atom. The third-order valence-electron chi connectivity index (χ3n) is 9.45. The smallest absolute Gasteiger partial charge is 0.422 e. The van der Waals surface area contributed by atoms with Crippen LogP contribution in [0.25, 0.3) is 0 Å². The Kier molecular flexibility index (Phi) is 15.9. The van der Waals surface area contributed by atoms with Crippen molar-refractivity contribution in [2.75, 3.05) is 18.5 Å². The van der Waals surface area contributed by atoms with Gasteiger partial charge in [-0.3, -0.25) is 9.69 Å². The predicted molar refractivity (Wildman–Crippen MR) is 188 cm³/mol. The second kappa shape index (κ2) is 20.0. The van der Waals surface area contributed by atoms with Gasteiger partial charge in [-0.1, -0.05) is 76.9 Å². The van der Waals surface area contributed by atoms with Crippen LogP contribution in [0, 0.1) is 12.8 Å². The minimum atomic E-state index is -4.43. The quantitative estimate of drug-likeness (QED) is 0.0926. The van der Waals surface area contributed by atoms with Crippen molar-refractivity contribution in [1.29, 1.82) is 0 Å². The van der Waals surface area contributed by atoms with Crippen molar-refractivity contribution in [3.63, 3.8) is 0 Å². The Morgan fingerprint density at radius 2 is 1.63 bits per heavy atom. The molecule has 2 aromatic rings. The summed E-state index contributed by atoms with van der Waals surface area (Å²) in [4.78, 5) is 23.6. The monoisotopic (exact) mass is 686 g/mol. The second-order valence-electron chi connectivity index (χ2n) is 13.8. The molecule has 0 bridgehead atoms. The van der Waals surface area contributed by atoms with E-state index in [-0.39, 0.29) is 30.0 Å². The van der Waals surface area contributed by atoms with Gasteiger partial charge >= 0.3 is 6.18 Å². The molecule has 2 atom stereocenters. The van der Waals surface area contributed by atoms with Crippen molar-refractivity contribution >= 4 is 11.7 Å². The molecule has 0 saturated heterocycles. The van der Waals surface area contributed by atoms with Crippen molar-refractivity contribution in [1.82, 2.24) is 14.9 Å². The third-order valence-corrected chi connectivity index (χ3v) is 9.45. The van der Waals surface area contributed by atoms with Gasteiger partial charge in [0.1, 0.15) is 12.0 Å². The summed E-state index contributed by atoms with van der Waals surface area (Å²) < 4.78 is 49.6. The van der Waals surface area contributed by atoms with Crippen molar-refractivity contribution in [2.45, 2.75) is 148 Å². The molecule has 1 aliphatic carbocycles. The molecule has 1 aliphatic heterocycles. The first kappa shape index (κ1) is 38.8. The van der Waals surface area contributed by atoms with E-state index in [9.17, 15) is 18.0 Å². The molecular weight excluding hydrogens is 629 g/mol. The van der Waals surface area contributed by atoms with Crippen molar-refractivity contribution < 1.29 is 27.4 Å². The van der Waals surface area contributed by atoms with Crippen molar-refractivity contribution in [2.24, 2.45) is 5.92 Å². The second-order valence-corrected chi connectivity index (χ2v) is 13.8. The van der Waals surface area contributed by atoms with Gasteiger partial charge in [-0.05, 0) is 76.5 Å². The number of ether oxygens (including phenoxy) is 2. The fourth-order valence-electron chi connectivity index (χ4n) is 6.52. The van der Waals surface area contributed by atoms with Crippen LogP contribution in [-0.2, 0) is 16.1 Å². The maximum Gasteiger partial charge on any atom is 0.422 e. The molecule has 1 amide bonds. The SMILES string of the molecule is CCCCCCCC/C=C\CCCCCCCCOC1c2ccnc(NC(=O)C3CC3)c2C(C)N1Cc1cnc(OCC(F)(F)F)c(C)c1. The Balaban J connectivity index is 1.26. The highest BCUT2D eigenvalue weighted by Crippen LogP contribution is 2.46. The van der Waals surface area contributed by atoms with Crippen LogP contribution in [0.15, 0.2) is 36.7 Å². The molecule has 49 heavy (non-hydrogen) atoms. The topological polar surface area (TPSA) is 76.6 Å². The van der Waals surface area contributed by atoms with Gasteiger partial charge in [-0.2, -0.15) is 13.2 Å². The average Bonchev–Trinajstić information content (AvgIpc) is 3.88. The van der Waals surface area contributed by atoms with Crippen molar-refractivity contribution in [3.8, 4) is 5.88 Å². The van der Waals surface area contributed by atoms with Crippen LogP contribution >= 0.6 is 0 Å². The highest BCUT2D eigenvalue weighted by atomic mass is 19.4. The summed E-state index contributed by atoms with van der Waals surface area (Å²) in [6, 6.07) is 3.65. The number of carbonyl (C=O) groups excluding carboxylic acids is 1. The fraction of sp³-hybridized carbons (Fsp3) is 0.667. The Labute approximate surface area is 291 Å². The number of nitrogens with one attached hydrogen (secondary N) is 1. The molecule has 1 N–H and O–H groups in total. The molecule has 0 aromatic carbocycles. The van der Waals surface area contributed by atoms with Gasteiger partial charge in [-0.25, -0.2) is 9.97 Å². The molecule has 0 radical (unpaired) electrons. The number of pyridine rings is 2. The summed E-state index contributed by atoms with van der Waals surface area (Å²) >= 11 is 0. The van der Waals surface area contributed by atoms with Crippen molar-refractivity contribution in [3.05, 3.63) is 58.9 Å². The number of rotatable bonds is 23. The van der Waals surface area contributed by atoms with E-state index in [1.165, 1.54) is 77.0 Å². The summed E-state index contributed by atoms with van der Waals surface area (Å²) in [5, 5.41) is 3.05. The van der Waals surface area contributed by atoms with Gasteiger partial charge in [0.05, 0.1) is 0 Å². The third kappa shape index (κ3) is 13.0. The first-order chi connectivity index (χ1) is 23.7. The number of aromatic nitrogens is 2. The van der Waals surface area contributed by atoms with E-state index in [4.69, 9.17) is 9.47 Å². The van der Waals surface area contributed by atoms with E-state index in [0.717, 1.165) is 42.4 Å². The number of alkyl halides is 3. The number of unbranched alkanes of at least 4 members (excludes halogenated alkanes) is 12. The molecule has 10 heteroatoms. The van der Waals surface area contributed by atoms with Crippen LogP contribution in [0.5, 0.6) is 5.88 Å². The van der Waals surface area contributed by atoms with Crippen LogP contribution < -0.4 is 10.1 Å². The molecule has 4 rings (SSSR count). The van der Waals surface area contributed by atoms with E-state index < -0.39 is 12.8 Å². The van der Waals surface area contributed by atoms with E-state index in [1.54, 1.807) is 19.3 Å². The Bertz CT molecular complexity index is 1330. The van der Waals surface area contributed by atoms with Gasteiger partial charge in [0.15, 0.2) is 6.61 Å². The minimum absolute atomic E-state index is 0.00229. The molecule has 7 nitrogen and oxygen atoms in total. The van der Waals surface area contributed by atoms with Gasteiger partial charge in [0.25, 0.3) is 0 Å². The lowest BCUT2D eigenvalue weighted by Gasteiger charge is -2.29. The summed E-state index contributed by atoms with van der Waals surface area (Å²) in [6.45, 7) is 5.70. The van der Waals surface area contributed by atoms with Crippen LogP contribution in [0.1, 0.15) is 151 Å². The average molecular weight is 687 g/mol. The number of aryl methyl sites for hydroxylation is 1. The lowest BCUT2D eigenvalue weighted by molar-refractivity contribution is -0.154. The number of fused-ring (bicyclic) bond motifs is 1. The molecule has 272 valence electrons. The Morgan fingerprint density at radius 3 is 2.27 bits per heavy atom. The fourth-order valence-corrected chi connectivity index (χ4v) is 6.52. The van der Waals surface area contributed by atoms with E-state index in [1.807, 2.05) is 12.1 Å². The van der Waals surface area contributed by atoms with Crippen LogP contribution in [0.3, 0.4) is 0 Å². The number of hydrogen-bond acceptors (Lipinski definition) is 6. The predicted octanol–water partition coefficient (Wildman–Crippen LogP) is 10.7. The zero-order valence-corrected chi connectivity index (χ0v) is 29.8. The molecule has 1 fully saturated rings. The number of amides is 1. The van der Waals surface area contributed by atoms with E-state index in [2.05, 4.69) is 46.2 Å². The number of carbonyl (C=O) groups is 1. The van der Waals surface area contributed by atoms with Gasteiger partial charge in [0, 0.05) is 54.2 Å². The lowest BCUT2D eigenvalue weighted by atomic mass is 10.1. The molecule has 2 aromatic heterocycles. The first-order valence-electron chi connectivity index (χ1n) is 18.6. The molecule has 1 saturated carbocycles. The molecular formula is C39H57F3N4O3. The molecule has 2 aliphatic rings. The van der Waals surface area contributed by atoms with E-state index in [0.29, 0.717) is 24.5 Å². The van der Waals surface area contributed by atoms with Gasteiger partial charge in [-0.15, -0.1) is 0 Å². The van der Waals surface area contributed by atoms with Gasteiger partial charge in [0.2, 0.25) is 11.8 Å². The lowest BCUT2D eigenvalue weighted by Crippen LogP contribution is -2.27. The summed E-state index contributed by atoms with van der Waals surface area (Å²) in [5.74, 6) is 0.597. The number of halogens is 3. The Hall–Kier alpha value is -2.98. The normalized spacial score (nSPS) is 17.9. The molecule has 3 heterocycles. The number of allylic oxidation sites excluding steroid dienone is 2. The summed E-state index contributed by atoms with van der Waals surface area (Å²) in [7, 11) is 0. The maximum atomic E-state index is 12.7. The van der Waals surface area contributed by atoms with Crippen LogP contribution in [0.2, 0.25) is 0 Å². The zero-order chi connectivity index (χ0) is 35.1. The zero-order valence-electron chi connectivity index (χ0n) is 29.8. The summed E-state index contributed by atoms with van der Waals surface area (Å²) in [5.41, 5.74) is 3.29. The minimum Gasteiger partial charge on any atom is -0.468 e. The summed E-state index contributed by atoms with van der Waals surface area (Å²) in [6.07, 6.45) is 22.4. The standard InChI is InChI=1S/C39H57F3N4O3/c1-4-5-6-7-8-9-10-11-12-13-14-15-16-17-18-19-24-48-38-33-22-23-43-35(45-36(47)32-20-21-32)34(33)30(3)46(38)27-31-25-29(2)37(44-26-31)49-28-39(40,41)42/h11-12,22-23,25-26,30,32,38H,4-10,13-21,24,27-28H2,1-3H3,(H,43,45,47)/b12-11-. The highest BCUT2D eigenvalue weighted by molar-refractivity contribution is 5.94. The number of anilines is 1.